The first-order chi connectivity index (χ1) is 14.4. The normalized spacial score (nSPS) is 18.8. The number of aromatic nitrogens is 1. The van der Waals surface area contributed by atoms with Gasteiger partial charge < -0.3 is 14.3 Å². The molecule has 2 aliphatic rings. The monoisotopic (exact) mass is 400 g/mol. The zero-order valence-electron chi connectivity index (χ0n) is 17.4. The van der Waals surface area contributed by atoms with Crippen molar-refractivity contribution in [3.63, 3.8) is 0 Å². The Morgan fingerprint density at radius 3 is 2.57 bits per heavy atom. The van der Waals surface area contributed by atoms with Crippen LogP contribution in [0, 0.1) is 6.92 Å². The number of rotatable bonds is 0. The van der Waals surface area contributed by atoms with Gasteiger partial charge in [0.2, 0.25) is 0 Å². The molecule has 0 bridgehead atoms. The Labute approximate surface area is 174 Å². The van der Waals surface area contributed by atoms with Crippen LogP contribution in [0.4, 0.5) is 5.69 Å². The summed E-state index contributed by atoms with van der Waals surface area (Å²) in [5, 5.41) is 4.76. The van der Waals surface area contributed by atoms with Crippen LogP contribution in [0.2, 0.25) is 0 Å². The van der Waals surface area contributed by atoms with E-state index in [1.54, 1.807) is 6.92 Å². The topological polar surface area (TPSA) is 64.2 Å². The molecule has 2 aromatic heterocycles. The predicted octanol–water partition coefficient (Wildman–Crippen LogP) is 4.58. The zero-order valence-corrected chi connectivity index (χ0v) is 17.4. The lowest BCUT2D eigenvalue weighted by atomic mass is 10.1. The van der Waals surface area contributed by atoms with Crippen molar-refractivity contribution < 1.29 is 4.42 Å². The lowest BCUT2D eigenvalue weighted by molar-refractivity contribution is 0.556. The van der Waals surface area contributed by atoms with Gasteiger partial charge in [-0.05, 0) is 62.4 Å². The fraction of sp³-hybridized carbons (Fsp3) is 0.280. The number of fused-ring (bicyclic) bond motifs is 3. The molecule has 5 nitrogen and oxygen atoms in total. The first-order valence-corrected chi connectivity index (χ1v) is 10.4. The van der Waals surface area contributed by atoms with Crippen LogP contribution in [0.5, 0.6) is 0 Å². The maximum absolute atomic E-state index is 12.8. The van der Waals surface area contributed by atoms with Crippen molar-refractivity contribution in [1.29, 1.82) is 0 Å². The predicted molar refractivity (Wildman–Crippen MR) is 121 cm³/mol. The Kier molecular flexibility index (Phi) is 4.28. The number of nitrogens with one attached hydrogen (secondary N) is 1. The molecular weight excluding hydrogens is 376 g/mol. The van der Waals surface area contributed by atoms with E-state index in [0.717, 1.165) is 22.9 Å². The highest BCUT2D eigenvalue weighted by Gasteiger charge is 2.25. The fourth-order valence-corrected chi connectivity index (χ4v) is 4.83. The Balaban J connectivity index is 0.000000161. The van der Waals surface area contributed by atoms with E-state index in [9.17, 15) is 9.59 Å². The molecule has 0 spiro atoms. The molecule has 0 radical (unpaired) electrons. The summed E-state index contributed by atoms with van der Waals surface area (Å²) in [5.41, 5.74) is 5.44. The van der Waals surface area contributed by atoms with Gasteiger partial charge in [0.05, 0.1) is 10.9 Å². The molecule has 0 saturated carbocycles. The number of nitrogens with zero attached hydrogens (tertiary/aromatic N) is 1. The average molecular weight is 400 g/mol. The second-order valence-corrected chi connectivity index (χ2v) is 8.40. The lowest BCUT2D eigenvalue weighted by Crippen LogP contribution is -2.22. The number of aryl methyl sites for hydroxylation is 1. The Hall–Kier alpha value is -3.34. The molecule has 2 aliphatic heterocycles. The Bertz CT molecular complexity index is 1390. The van der Waals surface area contributed by atoms with Crippen LogP contribution >= 0.6 is 0 Å². The highest BCUT2D eigenvalue weighted by molar-refractivity contribution is 6.04. The number of pyridine rings is 1. The summed E-state index contributed by atoms with van der Waals surface area (Å²) in [4.78, 5) is 24.4. The van der Waals surface area contributed by atoms with E-state index < -0.39 is 5.63 Å². The Morgan fingerprint density at radius 2 is 1.77 bits per heavy atom. The van der Waals surface area contributed by atoms with Crippen LogP contribution in [-0.2, 0) is 12.8 Å². The highest BCUT2D eigenvalue weighted by Crippen LogP contribution is 2.34. The van der Waals surface area contributed by atoms with Gasteiger partial charge in [-0.25, -0.2) is 4.79 Å². The number of para-hydroxylation sites is 2. The molecule has 2 aromatic carbocycles. The maximum Gasteiger partial charge on any atom is 0.336 e. The van der Waals surface area contributed by atoms with E-state index in [1.807, 2.05) is 29.7 Å². The van der Waals surface area contributed by atoms with Gasteiger partial charge in [-0.2, -0.15) is 0 Å². The summed E-state index contributed by atoms with van der Waals surface area (Å²) in [6, 6.07) is 16.5. The smallest absolute Gasteiger partial charge is 0.336 e. The van der Waals surface area contributed by atoms with Crippen molar-refractivity contribution in [3.05, 3.63) is 86.0 Å². The number of hydrogen-bond donors (Lipinski definition) is 1. The van der Waals surface area contributed by atoms with Crippen molar-refractivity contribution >= 4 is 27.6 Å². The minimum absolute atomic E-state index is 0.0637. The number of anilines is 1. The minimum atomic E-state index is -0.411. The summed E-state index contributed by atoms with van der Waals surface area (Å²) in [7, 11) is 0. The van der Waals surface area contributed by atoms with E-state index in [0.29, 0.717) is 22.6 Å². The Morgan fingerprint density at radius 1 is 1.00 bits per heavy atom. The van der Waals surface area contributed by atoms with Gasteiger partial charge in [0.15, 0.2) is 5.58 Å². The molecule has 0 aliphatic carbocycles. The summed E-state index contributed by atoms with van der Waals surface area (Å²) < 4.78 is 7.17. The molecule has 0 amide bonds. The van der Waals surface area contributed by atoms with Crippen LogP contribution < -0.4 is 16.5 Å². The van der Waals surface area contributed by atoms with E-state index in [1.165, 1.54) is 23.7 Å². The standard InChI is InChI=1S/C16H13NO3.C9H11N/c1-8-6-12(18)20-15-11-5-3-4-10-7-9(2)17(14(10)11)16(19)13(8)15;1-7-6-8-4-2-3-5-9(8)10-7/h3-6,9H,7H2,1-2H3;2-5,7,10H,6H2,1H3. The quantitative estimate of drug-likeness (QED) is 0.439. The molecule has 4 aromatic rings. The zero-order chi connectivity index (χ0) is 21.0. The van der Waals surface area contributed by atoms with Crippen LogP contribution in [0.3, 0.4) is 0 Å². The van der Waals surface area contributed by atoms with Gasteiger partial charge in [-0.3, -0.25) is 4.79 Å². The average Bonchev–Trinajstić information content (AvgIpc) is 3.24. The molecule has 2 unspecified atom stereocenters. The maximum atomic E-state index is 12.8. The van der Waals surface area contributed by atoms with Gasteiger partial charge in [0, 0.05) is 29.2 Å². The molecular formula is C25H24N2O3. The van der Waals surface area contributed by atoms with Gasteiger partial charge in [-0.15, -0.1) is 0 Å². The molecule has 152 valence electrons. The van der Waals surface area contributed by atoms with Gasteiger partial charge in [0.25, 0.3) is 5.56 Å². The molecule has 30 heavy (non-hydrogen) atoms. The van der Waals surface area contributed by atoms with Gasteiger partial charge >= 0.3 is 5.63 Å². The minimum Gasteiger partial charge on any atom is -0.422 e. The van der Waals surface area contributed by atoms with E-state index in [2.05, 4.69) is 36.5 Å². The lowest BCUT2D eigenvalue weighted by Gasteiger charge is -2.11. The van der Waals surface area contributed by atoms with Gasteiger partial charge in [0.1, 0.15) is 0 Å². The molecule has 4 heterocycles. The van der Waals surface area contributed by atoms with Crippen LogP contribution in [0.1, 0.15) is 36.6 Å². The van der Waals surface area contributed by atoms with Crippen molar-refractivity contribution in [2.24, 2.45) is 0 Å². The van der Waals surface area contributed by atoms with Crippen LogP contribution in [0.15, 0.2) is 62.5 Å². The fourth-order valence-electron chi connectivity index (χ4n) is 4.83. The van der Waals surface area contributed by atoms with Gasteiger partial charge in [-0.1, -0.05) is 30.3 Å². The SMILES string of the molecule is CC1Cc2ccccc2N1.Cc1cc(=O)oc2c1c(=O)n1c3c(cccc23)CC1C. The first kappa shape index (κ1) is 18.7. The molecule has 2 atom stereocenters. The third-order valence-corrected chi connectivity index (χ3v) is 6.10. The third kappa shape index (κ3) is 2.84. The summed E-state index contributed by atoms with van der Waals surface area (Å²) >= 11 is 0. The molecule has 6 rings (SSSR count). The van der Waals surface area contributed by atoms with Crippen molar-refractivity contribution in [3.8, 4) is 0 Å². The molecule has 0 fully saturated rings. The van der Waals surface area contributed by atoms with Crippen molar-refractivity contribution in [1.82, 2.24) is 4.57 Å². The number of benzene rings is 2. The van der Waals surface area contributed by atoms with E-state index in [-0.39, 0.29) is 11.6 Å². The van der Waals surface area contributed by atoms with Crippen LogP contribution in [-0.4, -0.2) is 10.6 Å². The van der Waals surface area contributed by atoms with Crippen LogP contribution in [0.25, 0.3) is 21.9 Å². The second kappa shape index (κ2) is 6.87. The summed E-state index contributed by atoms with van der Waals surface area (Å²) in [6.45, 7) is 6.03. The highest BCUT2D eigenvalue weighted by atomic mass is 16.4. The molecule has 1 N–H and O–H groups in total. The van der Waals surface area contributed by atoms with Crippen molar-refractivity contribution in [2.75, 3.05) is 5.32 Å². The first-order valence-electron chi connectivity index (χ1n) is 10.4. The van der Waals surface area contributed by atoms with E-state index >= 15 is 0 Å². The number of hydrogen-bond acceptors (Lipinski definition) is 4. The third-order valence-electron chi connectivity index (χ3n) is 6.10. The molecule has 5 heteroatoms. The largest absolute Gasteiger partial charge is 0.422 e. The second-order valence-electron chi connectivity index (χ2n) is 8.40. The summed E-state index contributed by atoms with van der Waals surface area (Å²) in [5.74, 6) is 0. The molecule has 0 saturated heterocycles. The van der Waals surface area contributed by atoms with Crippen molar-refractivity contribution in [2.45, 2.75) is 45.7 Å². The van der Waals surface area contributed by atoms with E-state index in [4.69, 9.17) is 4.42 Å². The summed E-state index contributed by atoms with van der Waals surface area (Å²) in [6.07, 6.45) is 2.02.